The highest BCUT2D eigenvalue weighted by Crippen LogP contribution is 2.21. The first kappa shape index (κ1) is 15.4. The van der Waals surface area contributed by atoms with Gasteiger partial charge in [0.15, 0.2) is 5.17 Å². The highest BCUT2D eigenvalue weighted by atomic mass is 32.2. The smallest absolute Gasteiger partial charge is 0.154 e. The van der Waals surface area contributed by atoms with Crippen LogP contribution in [-0.2, 0) is 5.75 Å². The van der Waals surface area contributed by atoms with Gasteiger partial charge in [-0.15, -0.1) is 0 Å². The van der Waals surface area contributed by atoms with Gasteiger partial charge in [0.05, 0.1) is 13.2 Å². The van der Waals surface area contributed by atoms with Crippen molar-refractivity contribution < 1.29 is 4.74 Å². The first-order valence-corrected chi connectivity index (χ1v) is 7.81. The summed E-state index contributed by atoms with van der Waals surface area (Å²) in [5.74, 6) is 1.65. The lowest BCUT2D eigenvalue weighted by Crippen LogP contribution is -2.09. The van der Waals surface area contributed by atoms with Crippen molar-refractivity contribution in [2.24, 2.45) is 10.7 Å². The summed E-state index contributed by atoms with van der Waals surface area (Å²) in [5.41, 5.74) is 8.35. The van der Waals surface area contributed by atoms with Crippen molar-refractivity contribution in [1.82, 2.24) is 0 Å². The lowest BCUT2D eigenvalue weighted by molar-refractivity contribution is 0.414. The number of benzene rings is 2. The summed E-state index contributed by atoms with van der Waals surface area (Å²) in [5, 5.41) is 0.606. The lowest BCUT2D eigenvalue weighted by Gasteiger charge is -2.09. The monoisotopic (exact) mass is 300 g/mol. The molecule has 0 aliphatic rings. The van der Waals surface area contributed by atoms with Crippen molar-refractivity contribution in [1.29, 1.82) is 0 Å². The Balaban J connectivity index is 1.94. The average molecular weight is 300 g/mol. The molecule has 0 fully saturated rings. The molecule has 110 valence electrons. The quantitative estimate of drug-likeness (QED) is 0.670. The minimum atomic E-state index is 0.0732. The Morgan fingerprint density at radius 1 is 1.19 bits per heavy atom. The van der Waals surface area contributed by atoms with Crippen LogP contribution in [0.1, 0.15) is 24.1 Å². The molecule has 0 radical (unpaired) electrons. The molecule has 0 spiro atoms. The SMILES string of the molecule is COc1cccc(CSC(N)=N[C@@H](C)c2ccccc2)c1. The zero-order valence-corrected chi connectivity index (χ0v) is 13.1. The minimum Gasteiger partial charge on any atom is -0.497 e. The van der Waals surface area contributed by atoms with Gasteiger partial charge in [0.25, 0.3) is 0 Å². The van der Waals surface area contributed by atoms with Crippen LogP contribution in [0, 0.1) is 0 Å². The predicted octanol–water partition coefficient (Wildman–Crippen LogP) is 4.00. The Kier molecular flexibility index (Phi) is 5.69. The van der Waals surface area contributed by atoms with E-state index in [1.807, 2.05) is 43.3 Å². The molecule has 0 aliphatic heterocycles. The second kappa shape index (κ2) is 7.74. The summed E-state index contributed by atoms with van der Waals surface area (Å²) < 4.78 is 5.21. The molecule has 3 nitrogen and oxygen atoms in total. The molecule has 2 aromatic carbocycles. The molecule has 0 aromatic heterocycles. The zero-order chi connectivity index (χ0) is 15.1. The highest BCUT2D eigenvalue weighted by molar-refractivity contribution is 8.13. The Morgan fingerprint density at radius 2 is 1.95 bits per heavy atom. The van der Waals surface area contributed by atoms with Crippen LogP contribution in [0.4, 0.5) is 0 Å². The van der Waals surface area contributed by atoms with Gasteiger partial charge < -0.3 is 10.5 Å². The van der Waals surface area contributed by atoms with E-state index in [0.29, 0.717) is 5.17 Å². The topological polar surface area (TPSA) is 47.6 Å². The van der Waals surface area contributed by atoms with Crippen LogP contribution >= 0.6 is 11.8 Å². The van der Waals surface area contributed by atoms with Gasteiger partial charge in [0.1, 0.15) is 5.75 Å². The second-order valence-electron chi connectivity index (χ2n) is 4.69. The van der Waals surface area contributed by atoms with Crippen LogP contribution in [0.25, 0.3) is 0 Å². The van der Waals surface area contributed by atoms with Crippen molar-refractivity contribution >= 4 is 16.9 Å². The molecule has 0 saturated heterocycles. The van der Waals surface area contributed by atoms with Crippen LogP contribution in [0.5, 0.6) is 5.75 Å². The molecule has 0 amide bonds. The van der Waals surface area contributed by atoms with E-state index in [-0.39, 0.29) is 6.04 Å². The maximum absolute atomic E-state index is 6.01. The van der Waals surface area contributed by atoms with Gasteiger partial charge in [0.2, 0.25) is 0 Å². The molecule has 0 unspecified atom stereocenters. The molecule has 0 aliphatic carbocycles. The number of nitrogens with two attached hydrogens (primary N) is 1. The van der Waals surface area contributed by atoms with Gasteiger partial charge >= 0.3 is 0 Å². The van der Waals surface area contributed by atoms with Crippen molar-refractivity contribution in [3.8, 4) is 5.75 Å². The number of methoxy groups -OCH3 is 1. The van der Waals surface area contributed by atoms with Crippen LogP contribution in [0.15, 0.2) is 59.6 Å². The molecule has 2 rings (SSSR count). The number of ether oxygens (including phenoxy) is 1. The van der Waals surface area contributed by atoms with E-state index in [1.165, 1.54) is 11.1 Å². The Bertz CT molecular complexity index is 599. The first-order valence-electron chi connectivity index (χ1n) is 6.83. The third-order valence-corrected chi connectivity index (χ3v) is 4.00. The fourth-order valence-electron chi connectivity index (χ4n) is 1.95. The molecule has 2 aromatic rings. The second-order valence-corrected chi connectivity index (χ2v) is 5.69. The molecule has 1 atom stereocenters. The third-order valence-electron chi connectivity index (χ3n) is 3.12. The standard InChI is InChI=1S/C17H20N2OS/c1-13(15-8-4-3-5-9-15)19-17(18)21-12-14-7-6-10-16(11-14)20-2/h3-11,13H,12H2,1-2H3,(H2,18,19)/t13-/m0/s1. The highest BCUT2D eigenvalue weighted by Gasteiger charge is 2.04. The van der Waals surface area contributed by atoms with Crippen molar-refractivity contribution in [3.63, 3.8) is 0 Å². The summed E-state index contributed by atoms with van der Waals surface area (Å²) in [6.45, 7) is 2.05. The number of aliphatic imine (C=N–C) groups is 1. The van der Waals surface area contributed by atoms with E-state index in [1.54, 1.807) is 18.9 Å². The van der Waals surface area contributed by atoms with Crippen molar-refractivity contribution in [2.75, 3.05) is 7.11 Å². The number of thioether (sulfide) groups is 1. The van der Waals surface area contributed by atoms with Gasteiger partial charge in [-0.3, -0.25) is 4.99 Å². The summed E-state index contributed by atoms with van der Waals surface area (Å²) in [7, 11) is 1.67. The molecule has 2 N–H and O–H groups in total. The fourth-order valence-corrected chi connectivity index (χ4v) is 2.68. The van der Waals surface area contributed by atoms with Crippen molar-refractivity contribution in [2.45, 2.75) is 18.7 Å². The fraction of sp³-hybridized carbons (Fsp3) is 0.235. The number of rotatable bonds is 5. The molecule has 0 saturated carbocycles. The third kappa shape index (κ3) is 4.83. The first-order chi connectivity index (χ1) is 10.2. The van der Waals surface area contributed by atoms with Gasteiger partial charge in [-0.25, -0.2) is 0 Å². The molecular formula is C17H20N2OS. The molecular weight excluding hydrogens is 280 g/mol. The van der Waals surface area contributed by atoms with Crippen LogP contribution in [-0.4, -0.2) is 12.3 Å². The normalized spacial score (nSPS) is 13.0. The number of amidine groups is 1. The van der Waals surface area contributed by atoms with Gasteiger partial charge in [-0.2, -0.15) is 0 Å². The molecule has 4 heteroatoms. The number of hydrogen-bond acceptors (Lipinski definition) is 3. The molecule has 0 heterocycles. The van der Waals surface area contributed by atoms with Crippen LogP contribution < -0.4 is 10.5 Å². The maximum atomic E-state index is 6.01. The summed E-state index contributed by atoms with van der Waals surface area (Å²) >= 11 is 1.54. The van der Waals surface area contributed by atoms with Gasteiger partial charge in [-0.1, -0.05) is 54.2 Å². The van der Waals surface area contributed by atoms with Crippen LogP contribution in [0.3, 0.4) is 0 Å². The minimum absolute atomic E-state index is 0.0732. The van der Waals surface area contributed by atoms with E-state index in [9.17, 15) is 0 Å². The van der Waals surface area contributed by atoms with Gasteiger partial charge in [0, 0.05) is 5.75 Å². The Hall–Kier alpha value is -1.94. The largest absolute Gasteiger partial charge is 0.497 e. The zero-order valence-electron chi connectivity index (χ0n) is 12.3. The Morgan fingerprint density at radius 3 is 2.67 bits per heavy atom. The summed E-state index contributed by atoms with van der Waals surface area (Å²) in [4.78, 5) is 4.53. The average Bonchev–Trinajstić information content (AvgIpc) is 2.54. The van der Waals surface area contributed by atoms with Crippen LogP contribution in [0.2, 0.25) is 0 Å². The lowest BCUT2D eigenvalue weighted by atomic mass is 10.1. The maximum Gasteiger partial charge on any atom is 0.154 e. The van der Waals surface area contributed by atoms with E-state index < -0.39 is 0 Å². The summed E-state index contributed by atoms with van der Waals surface area (Å²) in [6.07, 6.45) is 0. The number of hydrogen-bond donors (Lipinski definition) is 1. The molecule has 21 heavy (non-hydrogen) atoms. The van der Waals surface area contributed by atoms with Gasteiger partial charge in [-0.05, 0) is 30.2 Å². The summed E-state index contributed by atoms with van der Waals surface area (Å²) in [6, 6.07) is 18.2. The Labute approximate surface area is 130 Å². The van der Waals surface area contributed by atoms with Crippen molar-refractivity contribution in [3.05, 3.63) is 65.7 Å². The van der Waals surface area contributed by atoms with E-state index in [4.69, 9.17) is 10.5 Å². The van der Waals surface area contributed by atoms with E-state index in [2.05, 4.69) is 23.2 Å². The van der Waals surface area contributed by atoms with E-state index >= 15 is 0 Å². The number of nitrogens with zero attached hydrogens (tertiary/aromatic N) is 1. The molecule has 0 bridgehead atoms. The predicted molar refractivity (Wildman–Crippen MR) is 90.8 cm³/mol. The van der Waals surface area contributed by atoms with E-state index in [0.717, 1.165) is 11.5 Å².